The zero-order valence-corrected chi connectivity index (χ0v) is 29.5. The van der Waals surface area contributed by atoms with Crippen LogP contribution in [0.25, 0.3) is 0 Å². The van der Waals surface area contributed by atoms with Gasteiger partial charge in [0.05, 0.1) is 24.1 Å². The minimum Gasteiger partial charge on any atom is -0.493 e. The molecular formula is C34H34Cl3N3O7S. The number of carbonyl (C=O) groups excluding carboxylic acids is 4. The third-order valence-electron chi connectivity index (χ3n) is 8.67. The van der Waals surface area contributed by atoms with Crippen LogP contribution in [0.4, 0.5) is 5.69 Å². The molecule has 5 rings (SSSR count). The highest BCUT2D eigenvalue weighted by atomic mass is 35.5. The van der Waals surface area contributed by atoms with Crippen LogP contribution in [0.2, 0.25) is 15.1 Å². The summed E-state index contributed by atoms with van der Waals surface area (Å²) in [7, 11) is -3.71. The number of rotatable bonds is 10. The number of nitrogens with zero attached hydrogens (tertiary/aromatic N) is 1. The fourth-order valence-corrected chi connectivity index (χ4v) is 8.36. The SMILES string of the molecule is CCCS(=O)(=O)NC(=O)CCCOc1ccc(Cl)cc1[C@@H]1CC(=O)N[C@H](c2cc(Cl)ccc2C)[C@@]12C(=O)N(C(C)=O)c1cc(Cl)ccc12. The zero-order chi connectivity index (χ0) is 35.0. The van der Waals surface area contributed by atoms with Crippen molar-refractivity contribution in [1.82, 2.24) is 10.0 Å². The Bertz CT molecular complexity index is 1920. The number of halogens is 3. The van der Waals surface area contributed by atoms with E-state index in [4.69, 9.17) is 39.5 Å². The highest BCUT2D eigenvalue weighted by molar-refractivity contribution is 7.90. The first kappa shape index (κ1) is 35.7. The number of hydrogen-bond donors (Lipinski definition) is 2. The van der Waals surface area contributed by atoms with E-state index in [0.717, 1.165) is 10.5 Å². The first-order valence-corrected chi connectivity index (χ1v) is 18.1. The Hall–Kier alpha value is -3.64. The minimum absolute atomic E-state index is 0.0122. The molecule has 2 aliphatic heterocycles. The van der Waals surface area contributed by atoms with Crippen LogP contribution in [-0.2, 0) is 34.6 Å². The van der Waals surface area contributed by atoms with E-state index in [2.05, 4.69) is 10.0 Å². The van der Waals surface area contributed by atoms with Crippen LogP contribution in [0.1, 0.15) is 73.7 Å². The normalized spacial score (nSPS) is 20.4. The Balaban J connectivity index is 1.62. The maximum absolute atomic E-state index is 15.0. The second-order valence-electron chi connectivity index (χ2n) is 11.9. The molecule has 1 fully saturated rings. The molecule has 254 valence electrons. The van der Waals surface area contributed by atoms with E-state index in [9.17, 15) is 27.6 Å². The van der Waals surface area contributed by atoms with Gasteiger partial charge in [0.25, 0.3) is 0 Å². The van der Waals surface area contributed by atoms with Gasteiger partial charge in [-0.25, -0.2) is 13.3 Å². The lowest BCUT2D eigenvalue weighted by Crippen LogP contribution is -2.58. The average molecular weight is 735 g/mol. The van der Waals surface area contributed by atoms with Gasteiger partial charge in [0.1, 0.15) is 11.2 Å². The van der Waals surface area contributed by atoms with Crippen molar-refractivity contribution in [2.75, 3.05) is 17.3 Å². The molecule has 0 radical (unpaired) electrons. The maximum Gasteiger partial charge on any atom is 0.247 e. The molecule has 3 aromatic rings. The molecule has 10 nitrogen and oxygen atoms in total. The minimum atomic E-state index is -3.71. The first-order valence-electron chi connectivity index (χ1n) is 15.4. The lowest BCUT2D eigenvalue weighted by molar-refractivity contribution is -0.134. The number of nitrogens with one attached hydrogen (secondary N) is 2. The van der Waals surface area contributed by atoms with Gasteiger partial charge in [-0.15, -0.1) is 0 Å². The zero-order valence-electron chi connectivity index (χ0n) is 26.4. The molecule has 1 saturated heterocycles. The Kier molecular flexibility index (Phi) is 10.5. The van der Waals surface area contributed by atoms with Crippen LogP contribution in [0.3, 0.4) is 0 Å². The second-order valence-corrected chi connectivity index (χ2v) is 15.1. The summed E-state index contributed by atoms with van der Waals surface area (Å²) in [6.45, 7) is 4.84. The smallest absolute Gasteiger partial charge is 0.247 e. The highest BCUT2D eigenvalue weighted by Gasteiger charge is 2.64. The Morgan fingerprint density at radius 2 is 1.65 bits per heavy atom. The van der Waals surface area contributed by atoms with Gasteiger partial charge in [0.2, 0.25) is 33.7 Å². The van der Waals surface area contributed by atoms with Gasteiger partial charge < -0.3 is 10.1 Å². The third kappa shape index (κ3) is 6.78. The van der Waals surface area contributed by atoms with Crippen molar-refractivity contribution in [2.45, 2.75) is 63.8 Å². The number of anilines is 1. The number of ether oxygens (including phenoxy) is 1. The lowest BCUT2D eigenvalue weighted by atomic mass is 9.59. The summed E-state index contributed by atoms with van der Waals surface area (Å²) in [5.41, 5.74) is 1.00. The average Bonchev–Trinajstić information content (AvgIpc) is 3.25. The first-order chi connectivity index (χ1) is 22.7. The lowest BCUT2D eigenvalue weighted by Gasteiger charge is -2.47. The number of imide groups is 1. The number of carbonyl (C=O) groups is 4. The quantitative estimate of drug-likeness (QED) is 0.239. The van der Waals surface area contributed by atoms with Gasteiger partial charge in [0, 0.05) is 46.3 Å². The van der Waals surface area contributed by atoms with Gasteiger partial charge in [-0.05, 0) is 78.9 Å². The van der Waals surface area contributed by atoms with Crippen LogP contribution in [0.15, 0.2) is 54.6 Å². The topological polar surface area (TPSA) is 139 Å². The molecule has 0 saturated carbocycles. The Morgan fingerprint density at radius 3 is 2.33 bits per heavy atom. The van der Waals surface area contributed by atoms with E-state index in [1.165, 1.54) is 6.92 Å². The summed E-state index contributed by atoms with van der Waals surface area (Å²) >= 11 is 19.4. The van der Waals surface area contributed by atoms with Crippen molar-refractivity contribution in [3.05, 3.63) is 91.9 Å². The molecule has 2 N–H and O–H groups in total. The van der Waals surface area contributed by atoms with Crippen molar-refractivity contribution in [3.63, 3.8) is 0 Å². The molecule has 14 heteroatoms. The van der Waals surface area contributed by atoms with E-state index in [1.807, 2.05) is 6.92 Å². The van der Waals surface area contributed by atoms with E-state index >= 15 is 0 Å². The number of amides is 4. The van der Waals surface area contributed by atoms with E-state index in [-0.39, 0.29) is 37.5 Å². The van der Waals surface area contributed by atoms with E-state index in [0.29, 0.717) is 49.6 Å². The highest BCUT2D eigenvalue weighted by Crippen LogP contribution is 2.60. The van der Waals surface area contributed by atoms with Crippen molar-refractivity contribution >= 4 is 74.1 Å². The molecule has 4 amide bonds. The van der Waals surface area contributed by atoms with Gasteiger partial charge in [-0.3, -0.25) is 23.9 Å². The number of sulfonamides is 1. The van der Waals surface area contributed by atoms with Gasteiger partial charge in [-0.2, -0.15) is 0 Å². The number of piperidine rings is 1. The third-order valence-corrected chi connectivity index (χ3v) is 10.9. The summed E-state index contributed by atoms with van der Waals surface area (Å²) < 4.78 is 32.2. The van der Waals surface area contributed by atoms with E-state index < -0.39 is 45.1 Å². The van der Waals surface area contributed by atoms with Crippen LogP contribution in [-0.4, -0.2) is 44.4 Å². The molecule has 0 aliphatic carbocycles. The molecule has 1 spiro atoms. The molecule has 48 heavy (non-hydrogen) atoms. The standard InChI is InChI=1S/C34H34Cl3N3O7S/c1-4-14-48(45,46)39-30(42)6-5-13-47-29-12-10-22(36)16-25(29)27-18-31(43)38-32(24-15-21(35)8-7-19(24)2)34(27)26-11-9-23(37)17-28(26)40(20(3)41)33(34)44/h7-12,15-17,27,32H,4-6,13-14,18H2,1-3H3,(H,38,43)(H,39,42)/t27-,32+,34-/m0/s1. The maximum atomic E-state index is 15.0. The van der Waals surface area contributed by atoms with Crippen molar-refractivity contribution in [1.29, 1.82) is 0 Å². The molecule has 0 aromatic heterocycles. The Morgan fingerprint density at radius 1 is 1.00 bits per heavy atom. The molecule has 3 aromatic carbocycles. The number of hydrogen-bond acceptors (Lipinski definition) is 7. The van der Waals surface area contributed by atoms with Crippen LogP contribution in [0, 0.1) is 6.92 Å². The number of benzene rings is 3. The van der Waals surface area contributed by atoms with Crippen LogP contribution >= 0.6 is 34.8 Å². The summed E-state index contributed by atoms with van der Waals surface area (Å²) in [6.07, 6.45) is 0.268. The van der Waals surface area contributed by atoms with Gasteiger partial charge in [0.15, 0.2) is 0 Å². The fourth-order valence-electron chi connectivity index (χ4n) is 6.74. The summed E-state index contributed by atoms with van der Waals surface area (Å²) in [5, 5.41) is 4.08. The van der Waals surface area contributed by atoms with Crippen molar-refractivity contribution < 1.29 is 32.3 Å². The predicted octanol–water partition coefficient (Wildman–Crippen LogP) is 6.15. The molecular weight excluding hydrogens is 701 g/mol. The van der Waals surface area contributed by atoms with Gasteiger partial charge in [-0.1, -0.05) is 53.9 Å². The van der Waals surface area contributed by atoms with Crippen molar-refractivity contribution in [2.24, 2.45) is 0 Å². The summed E-state index contributed by atoms with van der Waals surface area (Å²) in [6, 6.07) is 14.0. The summed E-state index contributed by atoms with van der Waals surface area (Å²) in [5.74, 6) is -2.84. The predicted molar refractivity (Wildman–Crippen MR) is 184 cm³/mol. The number of fused-ring (bicyclic) bond motifs is 2. The second kappa shape index (κ2) is 14.1. The molecule has 2 heterocycles. The largest absolute Gasteiger partial charge is 0.493 e. The summed E-state index contributed by atoms with van der Waals surface area (Å²) in [4.78, 5) is 55.1. The molecule has 3 atom stereocenters. The van der Waals surface area contributed by atoms with E-state index in [1.54, 1.807) is 61.5 Å². The Labute approximate surface area is 294 Å². The number of aryl methyl sites for hydroxylation is 1. The van der Waals surface area contributed by atoms with Gasteiger partial charge >= 0.3 is 0 Å². The van der Waals surface area contributed by atoms with Crippen LogP contribution in [0.5, 0.6) is 5.75 Å². The monoisotopic (exact) mass is 733 g/mol. The molecule has 0 bridgehead atoms. The van der Waals surface area contributed by atoms with Crippen LogP contribution < -0.4 is 19.7 Å². The molecule has 2 aliphatic rings. The molecule has 0 unspecified atom stereocenters. The fraction of sp³-hybridized carbons (Fsp3) is 0.353. The van der Waals surface area contributed by atoms with Crippen molar-refractivity contribution in [3.8, 4) is 5.75 Å².